The van der Waals surface area contributed by atoms with Crippen molar-refractivity contribution in [3.63, 3.8) is 0 Å². The summed E-state index contributed by atoms with van der Waals surface area (Å²) in [6.45, 7) is 4.78. The number of ether oxygens (including phenoxy) is 2. The molecule has 0 unspecified atom stereocenters. The molecule has 5 heteroatoms. The number of amides is 1. The van der Waals surface area contributed by atoms with E-state index in [9.17, 15) is 4.79 Å². The van der Waals surface area contributed by atoms with Crippen molar-refractivity contribution in [2.75, 3.05) is 25.5 Å². The first-order chi connectivity index (χ1) is 12.1. The lowest BCUT2D eigenvalue weighted by molar-refractivity contribution is -0.119. The number of carbonyl (C=O) groups is 1. The van der Waals surface area contributed by atoms with Crippen molar-refractivity contribution in [1.82, 2.24) is 5.32 Å². The van der Waals surface area contributed by atoms with Gasteiger partial charge in [-0.15, -0.1) is 0 Å². The standard InChI is InChI=1S/C20H26N2O3/c1-15(2)25-18-10-8-17(9-11-18)22-14-20(23)21-13-12-16-6-4-5-7-19(16)24-3/h4-11,15,22H,12-14H2,1-3H3,(H,21,23). The van der Waals surface area contributed by atoms with Crippen molar-refractivity contribution >= 4 is 11.6 Å². The molecule has 0 aliphatic carbocycles. The lowest BCUT2D eigenvalue weighted by atomic mass is 10.1. The second kappa shape index (κ2) is 9.57. The van der Waals surface area contributed by atoms with Crippen molar-refractivity contribution in [2.24, 2.45) is 0 Å². The van der Waals surface area contributed by atoms with Crippen LogP contribution < -0.4 is 20.1 Å². The van der Waals surface area contributed by atoms with Crippen LogP contribution in [0.25, 0.3) is 0 Å². The summed E-state index contributed by atoms with van der Waals surface area (Å²) in [7, 11) is 1.65. The van der Waals surface area contributed by atoms with E-state index in [0.717, 1.165) is 29.2 Å². The Kier molecular flexibility index (Phi) is 7.14. The molecule has 2 rings (SSSR count). The van der Waals surface area contributed by atoms with Crippen LogP contribution in [0.2, 0.25) is 0 Å². The van der Waals surface area contributed by atoms with E-state index in [1.807, 2.05) is 62.4 Å². The Labute approximate surface area is 149 Å². The second-order valence-corrected chi connectivity index (χ2v) is 5.96. The van der Waals surface area contributed by atoms with Crippen LogP contribution >= 0.6 is 0 Å². The van der Waals surface area contributed by atoms with Crippen LogP contribution in [0.4, 0.5) is 5.69 Å². The van der Waals surface area contributed by atoms with E-state index >= 15 is 0 Å². The summed E-state index contributed by atoms with van der Waals surface area (Å²) in [6, 6.07) is 15.4. The highest BCUT2D eigenvalue weighted by molar-refractivity contribution is 5.80. The lowest BCUT2D eigenvalue weighted by Crippen LogP contribution is -2.31. The minimum Gasteiger partial charge on any atom is -0.496 e. The third kappa shape index (κ3) is 6.37. The third-order valence-corrected chi connectivity index (χ3v) is 3.59. The number of anilines is 1. The maximum atomic E-state index is 11.9. The number of nitrogens with one attached hydrogen (secondary N) is 2. The number of rotatable bonds is 9. The Hall–Kier alpha value is -2.69. The molecule has 0 spiro atoms. The first-order valence-electron chi connectivity index (χ1n) is 8.47. The third-order valence-electron chi connectivity index (χ3n) is 3.59. The summed E-state index contributed by atoms with van der Waals surface area (Å²) in [5.41, 5.74) is 1.97. The molecule has 0 aromatic heterocycles. The van der Waals surface area contributed by atoms with Crippen molar-refractivity contribution in [3.05, 3.63) is 54.1 Å². The Morgan fingerprint density at radius 3 is 2.48 bits per heavy atom. The normalized spacial score (nSPS) is 10.4. The monoisotopic (exact) mass is 342 g/mol. The van der Waals surface area contributed by atoms with Gasteiger partial charge < -0.3 is 20.1 Å². The van der Waals surface area contributed by atoms with Crippen LogP contribution in [0.5, 0.6) is 11.5 Å². The van der Waals surface area contributed by atoms with Crippen molar-refractivity contribution < 1.29 is 14.3 Å². The SMILES string of the molecule is COc1ccccc1CCNC(=O)CNc1ccc(OC(C)C)cc1. The fourth-order valence-corrected chi connectivity index (χ4v) is 2.41. The average molecular weight is 342 g/mol. The molecule has 25 heavy (non-hydrogen) atoms. The Morgan fingerprint density at radius 1 is 1.08 bits per heavy atom. The quantitative estimate of drug-likeness (QED) is 0.734. The zero-order valence-corrected chi connectivity index (χ0v) is 15.0. The predicted octanol–water partition coefficient (Wildman–Crippen LogP) is 3.25. The van der Waals surface area contributed by atoms with Crippen LogP contribution in [0, 0.1) is 0 Å². The number of carbonyl (C=O) groups excluding carboxylic acids is 1. The van der Waals surface area contributed by atoms with Gasteiger partial charge in [-0.3, -0.25) is 4.79 Å². The molecule has 0 aliphatic rings. The Morgan fingerprint density at radius 2 is 1.80 bits per heavy atom. The van der Waals surface area contributed by atoms with Gasteiger partial charge in [0.2, 0.25) is 5.91 Å². The number of hydrogen-bond acceptors (Lipinski definition) is 4. The highest BCUT2D eigenvalue weighted by Crippen LogP contribution is 2.17. The first-order valence-corrected chi connectivity index (χ1v) is 8.47. The minimum absolute atomic E-state index is 0.0441. The van der Waals surface area contributed by atoms with Gasteiger partial charge in [-0.1, -0.05) is 18.2 Å². The van der Waals surface area contributed by atoms with Gasteiger partial charge in [-0.05, 0) is 56.2 Å². The van der Waals surface area contributed by atoms with Crippen molar-refractivity contribution in [1.29, 1.82) is 0 Å². The van der Waals surface area contributed by atoms with E-state index in [2.05, 4.69) is 10.6 Å². The fraction of sp³-hybridized carbons (Fsp3) is 0.350. The van der Waals surface area contributed by atoms with Gasteiger partial charge in [0.15, 0.2) is 0 Å². The largest absolute Gasteiger partial charge is 0.496 e. The molecule has 134 valence electrons. The minimum atomic E-state index is -0.0441. The summed E-state index contributed by atoms with van der Waals surface area (Å²) in [6.07, 6.45) is 0.879. The molecule has 0 aliphatic heterocycles. The molecule has 2 aromatic rings. The molecule has 2 aromatic carbocycles. The van der Waals surface area contributed by atoms with Gasteiger partial charge >= 0.3 is 0 Å². The molecule has 0 saturated heterocycles. The molecule has 0 radical (unpaired) electrons. The molecular formula is C20H26N2O3. The smallest absolute Gasteiger partial charge is 0.239 e. The summed E-state index contributed by atoms with van der Waals surface area (Å²) >= 11 is 0. The van der Waals surface area contributed by atoms with E-state index in [1.54, 1.807) is 7.11 Å². The fourth-order valence-electron chi connectivity index (χ4n) is 2.41. The van der Waals surface area contributed by atoms with Crippen molar-refractivity contribution in [2.45, 2.75) is 26.4 Å². The molecule has 1 amide bonds. The average Bonchev–Trinajstić information content (AvgIpc) is 2.61. The zero-order chi connectivity index (χ0) is 18.1. The maximum Gasteiger partial charge on any atom is 0.239 e. The molecule has 0 fully saturated rings. The molecule has 0 bridgehead atoms. The number of benzene rings is 2. The molecule has 5 nitrogen and oxygen atoms in total. The van der Waals surface area contributed by atoms with Gasteiger partial charge in [0.1, 0.15) is 11.5 Å². The van der Waals surface area contributed by atoms with E-state index in [0.29, 0.717) is 6.54 Å². The van der Waals surface area contributed by atoms with Gasteiger partial charge in [0, 0.05) is 12.2 Å². The van der Waals surface area contributed by atoms with Crippen molar-refractivity contribution in [3.8, 4) is 11.5 Å². The van der Waals surface area contributed by atoms with E-state index in [-0.39, 0.29) is 18.6 Å². The molecule has 0 atom stereocenters. The zero-order valence-electron chi connectivity index (χ0n) is 15.0. The van der Waals surface area contributed by atoms with Crippen LogP contribution in [0.1, 0.15) is 19.4 Å². The number of hydrogen-bond donors (Lipinski definition) is 2. The summed E-state index contributed by atoms with van der Waals surface area (Å²) in [5.74, 6) is 1.62. The van der Waals surface area contributed by atoms with Crippen LogP contribution in [-0.4, -0.2) is 32.2 Å². The predicted molar refractivity (Wildman–Crippen MR) is 100 cm³/mol. The summed E-state index contributed by atoms with van der Waals surface area (Å²) in [5, 5.41) is 6.01. The number of para-hydroxylation sites is 1. The molecule has 0 saturated carbocycles. The Balaban J connectivity index is 1.72. The van der Waals surface area contributed by atoms with Gasteiger partial charge in [0.25, 0.3) is 0 Å². The van der Waals surface area contributed by atoms with Crippen LogP contribution in [0.3, 0.4) is 0 Å². The first kappa shape index (κ1) is 18.6. The summed E-state index contributed by atoms with van der Waals surface area (Å²) in [4.78, 5) is 11.9. The van der Waals surface area contributed by atoms with Crippen LogP contribution in [-0.2, 0) is 11.2 Å². The van der Waals surface area contributed by atoms with Gasteiger partial charge in [-0.25, -0.2) is 0 Å². The number of methoxy groups -OCH3 is 1. The molecular weight excluding hydrogens is 316 g/mol. The van der Waals surface area contributed by atoms with Gasteiger partial charge in [-0.2, -0.15) is 0 Å². The Bertz CT molecular complexity index is 669. The van der Waals surface area contributed by atoms with Crippen LogP contribution in [0.15, 0.2) is 48.5 Å². The molecule has 0 heterocycles. The molecule has 2 N–H and O–H groups in total. The maximum absolute atomic E-state index is 11.9. The topological polar surface area (TPSA) is 59.6 Å². The van der Waals surface area contributed by atoms with E-state index < -0.39 is 0 Å². The summed E-state index contributed by atoms with van der Waals surface area (Å²) < 4.78 is 10.9. The second-order valence-electron chi connectivity index (χ2n) is 5.96. The lowest BCUT2D eigenvalue weighted by Gasteiger charge is -2.11. The van der Waals surface area contributed by atoms with E-state index in [4.69, 9.17) is 9.47 Å². The van der Waals surface area contributed by atoms with Gasteiger partial charge in [0.05, 0.1) is 19.8 Å². The highest BCUT2D eigenvalue weighted by Gasteiger charge is 2.04. The highest BCUT2D eigenvalue weighted by atomic mass is 16.5. The van der Waals surface area contributed by atoms with E-state index in [1.165, 1.54) is 0 Å².